The van der Waals surface area contributed by atoms with E-state index < -0.39 is 30.2 Å². The maximum Gasteiger partial charge on any atom is 0.328 e. The zero-order valence-electron chi connectivity index (χ0n) is 9.91. The number of aliphatic hydroxyl groups excluding tert-OH is 1. The molecule has 0 aromatic carbocycles. The highest BCUT2D eigenvalue weighted by Crippen LogP contribution is 2.10. The molecular weight excluding hydrogens is 212 g/mol. The van der Waals surface area contributed by atoms with Crippen LogP contribution in [0.2, 0.25) is 0 Å². The Balaban J connectivity index is 4.21. The molecule has 0 aliphatic rings. The van der Waals surface area contributed by atoms with Crippen LogP contribution in [0.3, 0.4) is 0 Å². The highest BCUT2D eigenvalue weighted by Gasteiger charge is 2.23. The number of hydrogen-bond donors (Lipinski definition) is 4. The molecule has 94 valence electrons. The molecule has 0 fully saturated rings. The van der Waals surface area contributed by atoms with Crippen molar-refractivity contribution in [2.24, 2.45) is 0 Å². The van der Waals surface area contributed by atoms with Gasteiger partial charge >= 0.3 is 12.0 Å². The maximum atomic E-state index is 11.4. The Morgan fingerprint density at radius 2 is 1.94 bits per heavy atom. The maximum absolute atomic E-state index is 11.4. The summed E-state index contributed by atoms with van der Waals surface area (Å²) in [5.41, 5.74) is -0.392. The van der Waals surface area contributed by atoms with Gasteiger partial charge in [-0.2, -0.15) is 0 Å². The topological polar surface area (TPSA) is 98.7 Å². The molecule has 0 rings (SSSR count). The van der Waals surface area contributed by atoms with Gasteiger partial charge < -0.3 is 20.8 Å². The van der Waals surface area contributed by atoms with E-state index in [-0.39, 0.29) is 0 Å². The molecule has 1 atom stereocenters. The molecule has 0 heterocycles. The van der Waals surface area contributed by atoms with E-state index in [2.05, 4.69) is 10.6 Å². The van der Waals surface area contributed by atoms with E-state index in [1.54, 1.807) is 0 Å². The Hall–Kier alpha value is -1.30. The second-order valence-corrected chi connectivity index (χ2v) is 4.31. The molecule has 0 saturated carbocycles. The first kappa shape index (κ1) is 14.7. The number of aliphatic carboxylic acids is 1. The van der Waals surface area contributed by atoms with Crippen LogP contribution in [0.25, 0.3) is 0 Å². The lowest BCUT2D eigenvalue weighted by Gasteiger charge is -2.26. The summed E-state index contributed by atoms with van der Waals surface area (Å²) in [4.78, 5) is 22.0. The Morgan fingerprint density at radius 1 is 1.38 bits per heavy atom. The van der Waals surface area contributed by atoms with Crippen LogP contribution in [0.4, 0.5) is 4.79 Å². The van der Waals surface area contributed by atoms with E-state index >= 15 is 0 Å². The van der Waals surface area contributed by atoms with Crippen molar-refractivity contribution in [1.29, 1.82) is 0 Å². The second-order valence-electron chi connectivity index (χ2n) is 4.31. The Bertz CT molecular complexity index is 253. The van der Waals surface area contributed by atoms with Gasteiger partial charge in [0.25, 0.3) is 0 Å². The molecule has 0 aromatic heterocycles. The van der Waals surface area contributed by atoms with Crippen molar-refractivity contribution in [2.75, 3.05) is 6.61 Å². The molecule has 0 aliphatic heterocycles. The number of aliphatic hydroxyl groups is 1. The first-order valence-corrected chi connectivity index (χ1v) is 5.24. The summed E-state index contributed by atoms with van der Waals surface area (Å²) in [5.74, 6) is -1.26. The minimum Gasteiger partial charge on any atom is -0.480 e. The van der Waals surface area contributed by atoms with Gasteiger partial charge in [0.2, 0.25) is 0 Å². The SMILES string of the molecule is CCCC(C)(C)NC(=O)NC(CO)C(=O)O. The normalized spacial score (nSPS) is 13.0. The molecule has 0 bridgehead atoms. The van der Waals surface area contributed by atoms with Crippen LogP contribution in [0, 0.1) is 0 Å². The third-order valence-corrected chi connectivity index (χ3v) is 2.11. The first-order chi connectivity index (χ1) is 7.32. The van der Waals surface area contributed by atoms with Gasteiger partial charge in [-0.25, -0.2) is 9.59 Å². The fourth-order valence-electron chi connectivity index (χ4n) is 1.37. The molecule has 16 heavy (non-hydrogen) atoms. The fourth-order valence-corrected chi connectivity index (χ4v) is 1.37. The first-order valence-electron chi connectivity index (χ1n) is 5.24. The minimum atomic E-state index is -1.27. The summed E-state index contributed by atoms with van der Waals surface area (Å²) < 4.78 is 0. The largest absolute Gasteiger partial charge is 0.480 e. The molecule has 0 saturated heterocycles. The van der Waals surface area contributed by atoms with Gasteiger partial charge in [-0.1, -0.05) is 13.3 Å². The summed E-state index contributed by atoms with van der Waals surface area (Å²) in [7, 11) is 0. The fraction of sp³-hybridized carbons (Fsp3) is 0.800. The minimum absolute atomic E-state index is 0.392. The van der Waals surface area contributed by atoms with Gasteiger partial charge in [0.1, 0.15) is 0 Å². The molecule has 0 radical (unpaired) electrons. The third kappa shape index (κ3) is 5.55. The Kier molecular flexibility index (Phi) is 5.81. The summed E-state index contributed by atoms with van der Waals surface area (Å²) in [6.07, 6.45) is 1.70. The second kappa shape index (κ2) is 6.32. The van der Waals surface area contributed by atoms with Crippen molar-refractivity contribution in [3.8, 4) is 0 Å². The van der Waals surface area contributed by atoms with E-state index in [9.17, 15) is 9.59 Å². The van der Waals surface area contributed by atoms with E-state index in [1.165, 1.54) is 0 Å². The number of carbonyl (C=O) groups is 2. The molecule has 4 N–H and O–H groups in total. The van der Waals surface area contributed by atoms with E-state index in [0.717, 1.165) is 12.8 Å². The highest BCUT2D eigenvalue weighted by molar-refractivity contribution is 5.82. The lowest BCUT2D eigenvalue weighted by atomic mass is 9.99. The molecule has 0 aromatic rings. The monoisotopic (exact) mass is 232 g/mol. The van der Waals surface area contributed by atoms with Crippen LogP contribution in [0.5, 0.6) is 0 Å². The van der Waals surface area contributed by atoms with Crippen LogP contribution in [0.15, 0.2) is 0 Å². The predicted octanol–water partition coefficient (Wildman–Crippen LogP) is 0.310. The summed E-state index contributed by atoms with van der Waals surface area (Å²) >= 11 is 0. The van der Waals surface area contributed by atoms with Crippen molar-refractivity contribution in [2.45, 2.75) is 45.2 Å². The average molecular weight is 232 g/mol. The number of carboxylic acids is 1. The molecule has 1 unspecified atom stereocenters. The van der Waals surface area contributed by atoms with Crippen molar-refractivity contribution >= 4 is 12.0 Å². The van der Waals surface area contributed by atoms with Gasteiger partial charge in [-0.15, -0.1) is 0 Å². The lowest BCUT2D eigenvalue weighted by Crippen LogP contribution is -2.53. The predicted molar refractivity (Wildman–Crippen MR) is 59.2 cm³/mol. The number of urea groups is 1. The van der Waals surface area contributed by atoms with Crippen molar-refractivity contribution in [1.82, 2.24) is 10.6 Å². The summed E-state index contributed by atoms with van der Waals surface area (Å²) in [6.45, 7) is 5.07. The van der Waals surface area contributed by atoms with Crippen molar-refractivity contribution in [3.05, 3.63) is 0 Å². The van der Waals surface area contributed by atoms with Gasteiger partial charge in [-0.3, -0.25) is 0 Å². The van der Waals surface area contributed by atoms with Crippen LogP contribution >= 0.6 is 0 Å². The number of rotatable bonds is 6. The smallest absolute Gasteiger partial charge is 0.328 e. The zero-order valence-corrected chi connectivity index (χ0v) is 9.91. The van der Waals surface area contributed by atoms with Crippen molar-refractivity contribution < 1.29 is 19.8 Å². The Labute approximate surface area is 95.0 Å². The number of carbonyl (C=O) groups excluding carboxylic acids is 1. The van der Waals surface area contributed by atoms with Crippen LogP contribution in [-0.2, 0) is 4.79 Å². The van der Waals surface area contributed by atoms with E-state index in [4.69, 9.17) is 10.2 Å². The number of amides is 2. The van der Waals surface area contributed by atoms with Gasteiger partial charge in [0.15, 0.2) is 6.04 Å². The van der Waals surface area contributed by atoms with Crippen LogP contribution in [-0.4, -0.2) is 40.4 Å². The number of nitrogens with one attached hydrogen (secondary N) is 2. The average Bonchev–Trinajstić information content (AvgIpc) is 2.12. The van der Waals surface area contributed by atoms with Gasteiger partial charge in [-0.05, 0) is 20.3 Å². The van der Waals surface area contributed by atoms with Crippen molar-refractivity contribution in [3.63, 3.8) is 0 Å². The zero-order chi connectivity index (χ0) is 12.8. The highest BCUT2D eigenvalue weighted by atomic mass is 16.4. The molecule has 0 aliphatic carbocycles. The van der Waals surface area contributed by atoms with E-state index in [1.807, 2.05) is 20.8 Å². The van der Waals surface area contributed by atoms with Gasteiger partial charge in [0.05, 0.1) is 6.61 Å². The Morgan fingerprint density at radius 3 is 2.31 bits per heavy atom. The third-order valence-electron chi connectivity index (χ3n) is 2.11. The molecular formula is C10H20N2O4. The number of hydrogen-bond acceptors (Lipinski definition) is 3. The summed E-state index contributed by atoms with van der Waals surface area (Å²) in [5, 5.41) is 22.2. The van der Waals surface area contributed by atoms with Crippen LogP contribution in [0.1, 0.15) is 33.6 Å². The molecule has 0 spiro atoms. The van der Waals surface area contributed by atoms with E-state index in [0.29, 0.717) is 0 Å². The standard InChI is InChI=1S/C10H20N2O4/c1-4-5-10(2,3)12-9(16)11-7(6-13)8(14)15/h7,13H,4-6H2,1-3H3,(H,14,15)(H2,11,12,16). The quantitative estimate of drug-likeness (QED) is 0.529. The number of carboxylic acid groups (broad SMARTS) is 1. The molecule has 6 heteroatoms. The molecule has 2 amide bonds. The lowest BCUT2D eigenvalue weighted by molar-refractivity contribution is -0.140. The molecule has 6 nitrogen and oxygen atoms in total. The summed E-state index contributed by atoms with van der Waals surface area (Å²) in [6, 6.07) is -1.85. The van der Waals surface area contributed by atoms with Crippen LogP contribution < -0.4 is 10.6 Å². The van der Waals surface area contributed by atoms with Gasteiger partial charge in [0, 0.05) is 5.54 Å².